The van der Waals surface area contributed by atoms with Gasteiger partial charge in [-0.3, -0.25) is 4.79 Å². The van der Waals surface area contributed by atoms with Crippen LogP contribution in [0.25, 0.3) is 0 Å². The topological polar surface area (TPSA) is 78.4 Å². The molecule has 0 aromatic heterocycles. The molecule has 82 valence electrons. The molecule has 0 aliphatic heterocycles. The fourth-order valence-corrected chi connectivity index (χ4v) is 1.12. The van der Waals surface area contributed by atoms with Crippen LogP contribution >= 0.6 is 25.3 Å². The maximum Gasteiger partial charge on any atom is 0.327 e. The van der Waals surface area contributed by atoms with Crippen LogP contribution in [-0.4, -0.2) is 47.6 Å². The summed E-state index contributed by atoms with van der Waals surface area (Å²) in [7, 11) is 0. The van der Waals surface area contributed by atoms with E-state index in [0.717, 1.165) is 0 Å². The Morgan fingerprint density at radius 2 is 2.00 bits per heavy atom. The fourth-order valence-electron chi connectivity index (χ4n) is 0.712. The van der Waals surface area contributed by atoms with Gasteiger partial charge < -0.3 is 15.7 Å². The summed E-state index contributed by atoms with van der Waals surface area (Å²) in [6.07, 6.45) is 0. The number of aliphatic carboxylic acids is 1. The molecule has 5 nitrogen and oxygen atoms in total. The monoisotopic (exact) mass is 238 g/mol. The van der Waals surface area contributed by atoms with Gasteiger partial charge in [0.25, 0.3) is 0 Å². The number of rotatable bonds is 7. The Balaban J connectivity index is 3.74. The van der Waals surface area contributed by atoms with E-state index in [1.807, 2.05) is 0 Å². The zero-order chi connectivity index (χ0) is 11.0. The van der Waals surface area contributed by atoms with E-state index in [4.69, 9.17) is 5.11 Å². The van der Waals surface area contributed by atoms with Gasteiger partial charge in [-0.05, 0) is 0 Å². The molecule has 0 spiro atoms. The Bertz CT molecular complexity index is 201. The van der Waals surface area contributed by atoms with Crippen molar-refractivity contribution in [2.24, 2.45) is 0 Å². The van der Waals surface area contributed by atoms with Crippen molar-refractivity contribution in [3.8, 4) is 0 Å². The van der Waals surface area contributed by atoms with Gasteiger partial charge in [-0.25, -0.2) is 4.79 Å². The van der Waals surface area contributed by atoms with Gasteiger partial charge in [0.15, 0.2) is 0 Å². The Kier molecular flexibility index (Phi) is 7.73. The van der Waals surface area contributed by atoms with Gasteiger partial charge in [-0.1, -0.05) is 0 Å². The van der Waals surface area contributed by atoms with Crippen molar-refractivity contribution in [3.63, 3.8) is 0 Å². The molecule has 3 N–H and O–H groups in total. The smallest absolute Gasteiger partial charge is 0.327 e. The molecular weight excluding hydrogens is 224 g/mol. The average molecular weight is 238 g/mol. The Morgan fingerprint density at radius 1 is 1.36 bits per heavy atom. The molecule has 0 bridgehead atoms. The molecule has 7 heteroatoms. The first-order chi connectivity index (χ1) is 6.61. The van der Waals surface area contributed by atoms with E-state index in [0.29, 0.717) is 12.3 Å². The van der Waals surface area contributed by atoms with Crippen molar-refractivity contribution in [2.45, 2.75) is 6.04 Å². The summed E-state index contributed by atoms with van der Waals surface area (Å²) in [5.74, 6) is -0.730. The largest absolute Gasteiger partial charge is 0.480 e. The van der Waals surface area contributed by atoms with Gasteiger partial charge in [0.2, 0.25) is 5.91 Å². The van der Waals surface area contributed by atoms with Crippen LogP contribution in [0.5, 0.6) is 0 Å². The molecule has 0 unspecified atom stereocenters. The van der Waals surface area contributed by atoms with Gasteiger partial charge in [0, 0.05) is 18.1 Å². The molecule has 0 rings (SSSR count). The van der Waals surface area contributed by atoms with Gasteiger partial charge in [-0.2, -0.15) is 25.3 Å². The minimum absolute atomic E-state index is 0.0770. The van der Waals surface area contributed by atoms with Crippen molar-refractivity contribution in [1.29, 1.82) is 0 Å². The molecule has 0 aliphatic carbocycles. The van der Waals surface area contributed by atoms with Crippen LogP contribution in [-0.2, 0) is 9.59 Å². The van der Waals surface area contributed by atoms with Crippen molar-refractivity contribution < 1.29 is 14.7 Å². The third-order valence-corrected chi connectivity index (χ3v) is 1.98. The van der Waals surface area contributed by atoms with E-state index in [1.54, 1.807) is 0 Å². The summed E-state index contributed by atoms with van der Waals surface area (Å²) in [6, 6.07) is -0.927. The van der Waals surface area contributed by atoms with Gasteiger partial charge in [0.1, 0.15) is 6.04 Å². The number of thiol groups is 2. The molecule has 0 saturated heterocycles. The highest BCUT2D eigenvalue weighted by Crippen LogP contribution is 1.87. The van der Waals surface area contributed by atoms with Crippen LogP contribution in [0.2, 0.25) is 0 Å². The first kappa shape index (κ1) is 13.6. The second-order valence-electron chi connectivity index (χ2n) is 2.54. The number of amides is 1. The molecule has 1 amide bonds. The Labute approximate surface area is 93.5 Å². The second kappa shape index (κ2) is 7.95. The number of carbonyl (C=O) groups excluding carboxylic acids is 1. The summed E-state index contributed by atoms with van der Waals surface area (Å²) in [6.45, 7) is 0.702. The molecule has 14 heavy (non-hydrogen) atoms. The SMILES string of the molecule is O=C(CNCCS)N[C@@H](CS)C(=O)O. The highest BCUT2D eigenvalue weighted by atomic mass is 32.1. The lowest BCUT2D eigenvalue weighted by atomic mass is 10.3. The number of nitrogens with one attached hydrogen (secondary N) is 2. The minimum atomic E-state index is -1.08. The number of carboxylic acids is 1. The zero-order valence-electron chi connectivity index (χ0n) is 7.56. The highest BCUT2D eigenvalue weighted by molar-refractivity contribution is 7.80. The van der Waals surface area contributed by atoms with E-state index in [2.05, 4.69) is 35.9 Å². The maximum absolute atomic E-state index is 11.1. The predicted molar refractivity (Wildman–Crippen MR) is 60.1 cm³/mol. The number of carbonyl (C=O) groups is 2. The number of carboxylic acid groups (broad SMARTS) is 1. The normalized spacial score (nSPS) is 12.1. The van der Waals surface area contributed by atoms with Crippen LogP contribution in [0.3, 0.4) is 0 Å². The fraction of sp³-hybridized carbons (Fsp3) is 0.714. The van der Waals surface area contributed by atoms with Crippen molar-refractivity contribution in [1.82, 2.24) is 10.6 Å². The molecule has 0 saturated carbocycles. The highest BCUT2D eigenvalue weighted by Gasteiger charge is 2.17. The van der Waals surface area contributed by atoms with E-state index in [9.17, 15) is 9.59 Å². The van der Waals surface area contributed by atoms with E-state index >= 15 is 0 Å². The lowest BCUT2D eigenvalue weighted by molar-refractivity contribution is -0.140. The minimum Gasteiger partial charge on any atom is -0.480 e. The lowest BCUT2D eigenvalue weighted by Crippen LogP contribution is -2.45. The summed E-state index contributed by atoms with van der Waals surface area (Å²) in [4.78, 5) is 21.6. The van der Waals surface area contributed by atoms with Crippen LogP contribution in [0.1, 0.15) is 0 Å². The molecular formula is C7H14N2O3S2. The van der Waals surface area contributed by atoms with Crippen molar-refractivity contribution in [2.75, 3.05) is 24.6 Å². The van der Waals surface area contributed by atoms with E-state index < -0.39 is 12.0 Å². The van der Waals surface area contributed by atoms with Gasteiger partial charge in [-0.15, -0.1) is 0 Å². The van der Waals surface area contributed by atoms with Gasteiger partial charge in [0.05, 0.1) is 6.54 Å². The van der Waals surface area contributed by atoms with Crippen LogP contribution in [0, 0.1) is 0 Å². The summed E-state index contributed by atoms with van der Waals surface area (Å²) in [5.41, 5.74) is 0. The lowest BCUT2D eigenvalue weighted by Gasteiger charge is -2.11. The zero-order valence-corrected chi connectivity index (χ0v) is 9.35. The summed E-state index contributed by atoms with van der Waals surface area (Å²) < 4.78 is 0. The molecule has 0 fully saturated rings. The van der Waals surface area contributed by atoms with Crippen LogP contribution < -0.4 is 10.6 Å². The summed E-state index contributed by atoms with van der Waals surface area (Å²) in [5, 5.41) is 13.7. The third kappa shape index (κ3) is 6.11. The molecule has 0 aromatic rings. The number of hydrogen-bond acceptors (Lipinski definition) is 5. The number of hydrogen-bond donors (Lipinski definition) is 5. The standard InChI is InChI=1S/C7H14N2O3S2/c10-6(3-8-1-2-13)9-5(4-14)7(11)12/h5,8,13-14H,1-4H2,(H,9,10)(H,11,12)/t5-/m0/s1. The molecule has 0 aromatic carbocycles. The quantitative estimate of drug-likeness (QED) is 0.291. The van der Waals surface area contributed by atoms with Crippen LogP contribution in [0.4, 0.5) is 0 Å². The molecule has 0 heterocycles. The second-order valence-corrected chi connectivity index (χ2v) is 3.35. The Hall–Kier alpha value is -0.400. The van der Waals surface area contributed by atoms with Gasteiger partial charge >= 0.3 is 5.97 Å². The van der Waals surface area contributed by atoms with Crippen LogP contribution in [0.15, 0.2) is 0 Å². The predicted octanol–water partition coefficient (Wildman–Crippen LogP) is -0.995. The third-order valence-electron chi connectivity index (χ3n) is 1.39. The average Bonchev–Trinajstić information content (AvgIpc) is 2.14. The van der Waals surface area contributed by atoms with Crippen molar-refractivity contribution >= 4 is 37.1 Å². The Morgan fingerprint density at radius 3 is 2.43 bits per heavy atom. The summed E-state index contributed by atoms with van der Waals surface area (Å²) >= 11 is 7.75. The van der Waals surface area contributed by atoms with E-state index in [1.165, 1.54) is 0 Å². The molecule has 0 radical (unpaired) electrons. The molecule has 1 atom stereocenters. The first-order valence-corrected chi connectivity index (χ1v) is 5.33. The first-order valence-electron chi connectivity index (χ1n) is 4.06. The van der Waals surface area contributed by atoms with Crippen molar-refractivity contribution in [3.05, 3.63) is 0 Å². The van der Waals surface area contributed by atoms with E-state index in [-0.39, 0.29) is 18.2 Å². The maximum atomic E-state index is 11.1. The molecule has 0 aliphatic rings.